The van der Waals surface area contributed by atoms with Crippen molar-refractivity contribution in [2.75, 3.05) is 45.6 Å². The highest BCUT2D eigenvalue weighted by Crippen LogP contribution is 2.42. The van der Waals surface area contributed by atoms with Crippen LogP contribution < -0.4 is 19.1 Å². The minimum atomic E-state index is -0.530. The fourth-order valence-electron chi connectivity index (χ4n) is 5.77. The quantitative estimate of drug-likeness (QED) is 0.144. The molecule has 1 heterocycles. The average molecular weight is 619 g/mol. The number of hydrogen-bond donors (Lipinski definition) is 0. The molecule has 44 heavy (non-hydrogen) atoms. The van der Waals surface area contributed by atoms with Gasteiger partial charge in [0.15, 0.2) is 24.0 Å². The summed E-state index contributed by atoms with van der Waals surface area (Å²) in [5.74, 6) is 1.77. The van der Waals surface area contributed by atoms with Crippen molar-refractivity contribution >= 4 is 29.8 Å². The summed E-state index contributed by atoms with van der Waals surface area (Å²) in [6.45, 7) is 12.3. The zero-order valence-electron chi connectivity index (χ0n) is 27.1. The zero-order valence-corrected chi connectivity index (χ0v) is 27.9. The standard InChI is InChI=1S/C36H46N2O5S/c1-9-26-11-10-25(20-31(26)27-21-32(40-5)35(42-7)33(22-27)41-6)23-38(28-12-14-30(44-8)15-13-28)29-16-18-37(19-17-29)34(24-39)43-36(2,3)4/h9-15,20-22,24,29,34H,1,16-19,23H2,2-8H3. The van der Waals surface area contributed by atoms with Crippen LogP contribution in [0.2, 0.25) is 0 Å². The molecule has 1 aliphatic rings. The van der Waals surface area contributed by atoms with E-state index in [0.717, 1.165) is 55.5 Å². The lowest BCUT2D eigenvalue weighted by Crippen LogP contribution is -2.50. The van der Waals surface area contributed by atoms with E-state index in [0.29, 0.717) is 23.3 Å². The first-order valence-electron chi connectivity index (χ1n) is 15.0. The van der Waals surface area contributed by atoms with Crippen molar-refractivity contribution in [2.24, 2.45) is 0 Å². The number of likely N-dealkylation sites (tertiary alicyclic amines) is 1. The molecule has 0 N–H and O–H groups in total. The molecule has 0 amide bonds. The Labute approximate surface area is 267 Å². The van der Waals surface area contributed by atoms with Crippen LogP contribution in [0.15, 0.2) is 66.1 Å². The smallest absolute Gasteiger partial charge is 0.203 e. The number of benzene rings is 3. The van der Waals surface area contributed by atoms with Crippen molar-refractivity contribution in [1.29, 1.82) is 0 Å². The topological polar surface area (TPSA) is 60.5 Å². The lowest BCUT2D eigenvalue weighted by Gasteiger charge is -2.42. The minimum absolute atomic E-state index is 0.303. The summed E-state index contributed by atoms with van der Waals surface area (Å²) < 4.78 is 22.9. The summed E-state index contributed by atoms with van der Waals surface area (Å²) in [4.78, 5) is 17.8. The molecule has 4 rings (SSSR count). The Kier molecular flexibility index (Phi) is 11.4. The van der Waals surface area contributed by atoms with Crippen molar-refractivity contribution in [3.05, 3.63) is 72.3 Å². The van der Waals surface area contributed by atoms with Crippen LogP contribution >= 0.6 is 11.8 Å². The largest absolute Gasteiger partial charge is 0.493 e. The van der Waals surface area contributed by atoms with Crippen molar-refractivity contribution in [3.8, 4) is 28.4 Å². The first-order valence-corrected chi connectivity index (χ1v) is 16.2. The molecule has 0 spiro atoms. The Hall–Kier alpha value is -3.46. The lowest BCUT2D eigenvalue weighted by molar-refractivity contribution is -0.154. The molecule has 1 saturated heterocycles. The molecule has 236 valence electrons. The number of carbonyl (C=O) groups is 1. The number of thioether (sulfide) groups is 1. The Morgan fingerprint density at radius 1 is 0.977 bits per heavy atom. The molecule has 0 radical (unpaired) electrons. The molecule has 8 heteroatoms. The number of methoxy groups -OCH3 is 3. The van der Waals surface area contributed by atoms with E-state index < -0.39 is 6.23 Å². The van der Waals surface area contributed by atoms with Gasteiger partial charge in [0, 0.05) is 36.3 Å². The third-order valence-corrected chi connectivity index (χ3v) is 8.70. The summed E-state index contributed by atoms with van der Waals surface area (Å²) in [5, 5.41) is 0. The Balaban J connectivity index is 1.67. The average Bonchev–Trinajstić information content (AvgIpc) is 3.05. The number of hydrogen-bond acceptors (Lipinski definition) is 8. The fraction of sp³-hybridized carbons (Fsp3) is 0.417. The summed E-state index contributed by atoms with van der Waals surface area (Å²) in [6.07, 6.45) is 6.21. The number of anilines is 1. The van der Waals surface area contributed by atoms with Crippen LogP contribution in [0.4, 0.5) is 5.69 Å². The first kappa shape index (κ1) is 33.4. The van der Waals surface area contributed by atoms with E-state index in [1.807, 2.05) is 39.0 Å². The molecule has 0 aliphatic carbocycles. The van der Waals surface area contributed by atoms with Crippen LogP contribution in [0.3, 0.4) is 0 Å². The van der Waals surface area contributed by atoms with Crippen molar-refractivity contribution in [2.45, 2.75) is 62.9 Å². The summed E-state index contributed by atoms with van der Waals surface area (Å²) in [6, 6.07) is 19.6. The molecule has 3 aromatic carbocycles. The predicted octanol–water partition coefficient (Wildman–Crippen LogP) is 7.56. The number of ether oxygens (including phenoxy) is 4. The predicted molar refractivity (Wildman–Crippen MR) is 181 cm³/mol. The Morgan fingerprint density at radius 2 is 1.61 bits per heavy atom. The van der Waals surface area contributed by atoms with Gasteiger partial charge >= 0.3 is 0 Å². The summed E-state index contributed by atoms with van der Waals surface area (Å²) in [5.41, 5.74) is 4.99. The van der Waals surface area contributed by atoms with Gasteiger partial charge in [0.05, 0.1) is 26.9 Å². The van der Waals surface area contributed by atoms with Crippen LogP contribution in [-0.4, -0.2) is 69.7 Å². The number of rotatable bonds is 13. The molecule has 7 nitrogen and oxygen atoms in total. The lowest BCUT2D eigenvalue weighted by atomic mass is 9.95. The number of carbonyl (C=O) groups excluding carboxylic acids is 1. The molecule has 0 bridgehead atoms. The monoisotopic (exact) mass is 618 g/mol. The highest BCUT2D eigenvalue weighted by molar-refractivity contribution is 7.98. The maximum absolute atomic E-state index is 11.9. The van der Waals surface area contributed by atoms with E-state index in [9.17, 15) is 4.79 Å². The van der Waals surface area contributed by atoms with E-state index in [-0.39, 0.29) is 5.60 Å². The SMILES string of the molecule is C=Cc1ccc(CN(c2ccc(SC)cc2)C2CCN(C(C=O)OC(C)(C)C)CC2)cc1-c1cc(OC)c(OC)c(OC)c1. The first-order chi connectivity index (χ1) is 21.1. The van der Waals surface area contributed by atoms with Gasteiger partial charge < -0.3 is 23.8 Å². The van der Waals surface area contributed by atoms with Crippen molar-refractivity contribution in [1.82, 2.24) is 4.90 Å². The molecule has 1 fully saturated rings. The third-order valence-electron chi connectivity index (χ3n) is 7.96. The summed E-state index contributed by atoms with van der Waals surface area (Å²) in [7, 11) is 4.87. The van der Waals surface area contributed by atoms with E-state index in [1.165, 1.54) is 16.1 Å². The number of nitrogens with zero attached hydrogens (tertiary/aromatic N) is 2. The molecular weight excluding hydrogens is 572 g/mol. The van der Waals surface area contributed by atoms with Crippen LogP contribution in [0.5, 0.6) is 17.2 Å². The van der Waals surface area contributed by atoms with Gasteiger partial charge in [-0.25, -0.2) is 0 Å². The maximum Gasteiger partial charge on any atom is 0.203 e. The second kappa shape index (κ2) is 15.0. The maximum atomic E-state index is 11.9. The highest BCUT2D eigenvalue weighted by Gasteiger charge is 2.31. The normalized spacial score (nSPS) is 15.0. The van der Waals surface area contributed by atoms with Crippen LogP contribution in [0.25, 0.3) is 17.2 Å². The minimum Gasteiger partial charge on any atom is -0.493 e. The molecule has 0 saturated carbocycles. The van der Waals surface area contributed by atoms with Crippen molar-refractivity contribution < 1.29 is 23.7 Å². The number of piperidine rings is 1. The number of aldehydes is 1. The Morgan fingerprint density at radius 3 is 2.11 bits per heavy atom. The van der Waals surface area contributed by atoms with Gasteiger partial charge in [-0.15, -0.1) is 11.8 Å². The van der Waals surface area contributed by atoms with Gasteiger partial charge in [-0.1, -0.05) is 24.8 Å². The van der Waals surface area contributed by atoms with Gasteiger partial charge in [-0.2, -0.15) is 0 Å². The molecule has 0 aromatic heterocycles. The van der Waals surface area contributed by atoms with E-state index in [1.54, 1.807) is 33.1 Å². The Bertz CT molecular complexity index is 1390. The molecule has 1 aliphatic heterocycles. The second-order valence-electron chi connectivity index (χ2n) is 11.9. The second-order valence-corrected chi connectivity index (χ2v) is 12.8. The van der Waals surface area contributed by atoms with E-state index in [4.69, 9.17) is 18.9 Å². The van der Waals surface area contributed by atoms with Gasteiger partial charge in [0.25, 0.3) is 0 Å². The van der Waals surface area contributed by atoms with Crippen LogP contribution in [-0.2, 0) is 16.1 Å². The highest BCUT2D eigenvalue weighted by atomic mass is 32.2. The zero-order chi connectivity index (χ0) is 31.9. The van der Waals surface area contributed by atoms with Gasteiger partial charge in [0.1, 0.15) is 0 Å². The summed E-state index contributed by atoms with van der Waals surface area (Å²) >= 11 is 1.74. The fourth-order valence-corrected chi connectivity index (χ4v) is 6.18. The third kappa shape index (κ3) is 7.97. The molecule has 1 unspecified atom stereocenters. The van der Waals surface area contributed by atoms with Crippen LogP contribution in [0.1, 0.15) is 44.7 Å². The molecular formula is C36H46N2O5S. The van der Waals surface area contributed by atoms with E-state index in [2.05, 4.69) is 65.1 Å². The van der Waals surface area contributed by atoms with Gasteiger partial charge in [-0.3, -0.25) is 9.69 Å². The molecule has 3 aromatic rings. The van der Waals surface area contributed by atoms with E-state index >= 15 is 0 Å². The molecule has 1 atom stereocenters. The van der Waals surface area contributed by atoms with Crippen molar-refractivity contribution in [3.63, 3.8) is 0 Å². The van der Waals surface area contributed by atoms with Gasteiger partial charge in [-0.05, 0) is 105 Å². The van der Waals surface area contributed by atoms with Gasteiger partial charge in [0.2, 0.25) is 5.75 Å². The van der Waals surface area contributed by atoms with Crippen LogP contribution in [0, 0.1) is 0 Å².